The van der Waals surface area contributed by atoms with Crippen LogP contribution < -0.4 is 5.32 Å². The van der Waals surface area contributed by atoms with E-state index in [2.05, 4.69) is 21.7 Å². The molecule has 3 heterocycles. The fraction of sp³-hybridized carbons (Fsp3) is 0.375. The van der Waals surface area contributed by atoms with Crippen molar-refractivity contribution < 1.29 is 9.53 Å². The van der Waals surface area contributed by atoms with Gasteiger partial charge in [0.15, 0.2) is 0 Å². The maximum Gasteiger partial charge on any atom is 0.253 e. The highest BCUT2D eigenvalue weighted by Gasteiger charge is 2.22. The molecule has 0 atom stereocenters. The predicted molar refractivity (Wildman–Crippen MR) is 127 cm³/mol. The summed E-state index contributed by atoms with van der Waals surface area (Å²) in [5.41, 5.74) is 3.86. The molecule has 1 amide bonds. The van der Waals surface area contributed by atoms with Crippen molar-refractivity contribution >= 4 is 28.8 Å². The van der Waals surface area contributed by atoms with Crippen LogP contribution in [-0.4, -0.2) is 48.2 Å². The van der Waals surface area contributed by atoms with E-state index in [4.69, 9.17) is 16.3 Å². The monoisotopic (exact) mass is 457 g/mol. The van der Waals surface area contributed by atoms with Gasteiger partial charge < -0.3 is 14.6 Å². The first-order valence-electron chi connectivity index (χ1n) is 10.7. The quantitative estimate of drug-likeness (QED) is 0.533. The van der Waals surface area contributed by atoms with Crippen LogP contribution in [0.5, 0.6) is 0 Å². The van der Waals surface area contributed by atoms with E-state index >= 15 is 0 Å². The van der Waals surface area contributed by atoms with Crippen LogP contribution in [0.4, 0.5) is 0 Å². The molecule has 0 radical (unpaired) electrons. The molecule has 1 aliphatic heterocycles. The summed E-state index contributed by atoms with van der Waals surface area (Å²) in [5, 5.41) is 5.81. The number of thiophene rings is 1. The van der Waals surface area contributed by atoms with Gasteiger partial charge in [0.25, 0.3) is 5.91 Å². The SMILES string of the molecule is CCc1cc(C(=O)NCc2cccs2)c(-c2ccc(Cl)cc2)n1CCN1CCOCC1. The minimum Gasteiger partial charge on any atom is -0.379 e. The number of aryl methyl sites for hydroxylation is 1. The van der Waals surface area contributed by atoms with Crippen molar-refractivity contribution in [2.45, 2.75) is 26.4 Å². The molecule has 31 heavy (non-hydrogen) atoms. The lowest BCUT2D eigenvalue weighted by Gasteiger charge is -2.27. The zero-order valence-electron chi connectivity index (χ0n) is 17.8. The Morgan fingerprint density at radius 3 is 2.61 bits per heavy atom. The molecule has 2 aromatic heterocycles. The number of benzene rings is 1. The summed E-state index contributed by atoms with van der Waals surface area (Å²) in [7, 11) is 0. The lowest BCUT2D eigenvalue weighted by atomic mass is 10.1. The van der Waals surface area contributed by atoms with Gasteiger partial charge in [0.1, 0.15) is 0 Å². The number of ether oxygens (including phenoxy) is 1. The molecule has 0 unspecified atom stereocenters. The number of nitrogens with one attached hydrogen (secondary N) is 1. The molecule has 7 heteroatoms. The van der Waals surface area contributed by atoms with E-state index in [0.717, 1.165) is 67.5 Å². The van der Waals surface area contributed by atoms with Crippen LogP contribution >= 0.6 is 22.9 Å². The lowest BCUT2D eigenvalue weighted by Crippen LogP contribution is -2.38. The third kappa shape index (κ3) is 5.39. The molecule has 0 saturated carbocycles. The van der Waals surface area contributed by atoms with Crippen molar-refractivity contribution in [1.82, 2.24) is 14.8 Å². The van der Waals surface area contributed by atoms with E-state index < -0.39 is 0 Å². The standard InChI is InChI=1S/C24H28ClN3O2S/c1-2-20-16-22(24(29)26-17-21-4-3-15-31-21)23(18-5-7-19(25)8-6-18)28(20)10-9-27-11-13-30-14-12-27/h3-8,15-16H,2,9-14,17H2,1H3,(H,26,29). The Balaban J connectivity index is 1.64. The minimum atomic E-state index is -0.0434. The summed E-state index contributed by atoms with van der Waals surface area (Å²) in [5.74, 6) is -0.0434. The summed E-state index contributed by atoms with van der Waals surface area (Å²) in [6.45, 7) is 7.91. The fourth-order valence-electron chi connectivity index (χ4n) is 3.98. The molecule has 1 aliphatic rings. The summed E-state index contributed by atoms with van der Waals surface area (Å²) in [6, 6.07) is 13.9. The van der Waals surface area contributed by atoms with Crippen LogP contribution in [-0.2, 0) is 24.2 Å². The van der Waals surface area contributed by atoms with Gasteiger partial charge in [-0.3, -0.25) is 9.69 Å². The van der Waals surface area contributed by atoms with Crippen molar-refractivity contribution in [3.63, 3.8) is 0 Å². The lowest BCUT2D eigenvalue weighted by molar-refractivity contribution is 0.0364. The smallest absolute Gasteiger partial charge is 0.253 e. The van der Waals surface area contributed by atoms with Gasteiger partial charge in [-0.15, -0.1) is 11.3 Å². The van der Waals surface area contributed by atoms with Gasteiger partial charge in [0, 0.05) is 41.8 Å². The number of halogens is 1. The molecule has 0 bridgehead atoms. The van der Waals surface area contributed by atoms with E-state index in [1.807, 2.05) is 47.8 Å². The average Bonchev–Trinajstić information content (AvgIpc) is 3.45. The Morgan fingerprint density at radius 1 is 1.16 bits per heavy atom. The molecular weight excluding hydrogens is 430 g/mol. The zero-order valence-corrected chi connectivity index (χ0v) is 19.3. The van der Waals surface area contributed by atoms with E-state index in [9.17, 15) is 4.79 Å². The third-order valence-corrected chi connectivity index (χ3v) is 6.78. The maximum atomic E-state index is 13.2. The number of nitrogens with zero attached hydrogens (tertiary/aromatic N) is 2. The highest BCUT2D eigenvalue weighted by atomic mass is 35.5. The Morgan fingerprint density at radius 2 is 1.94 bits per heavy atom. The molecule has 3 aromatic rings. The van der Waals surface area contributed by atoms with Gasteiger partial charge in [-0.1, -0.05) is 36.7 Å². The van der Waals surface area contributed by atoms with Crippen molar-refractivity contribution in [3.8, 4) is 11.3 Å². The van der Waals surface area contributed by atoms with Crippen molar-refractivity contribution in [1.29, 1.82) is 0 Å². The Hall–Kier alpha value is -2.12. The number of aromatic nitrogens is 1. The summed E-state index contributed by atoms with van der Waals surface area (Å²) >= 11 is 7.79. The van der Waals surface area contributed by atoms with Gasteiger partial charge >= 0.3 is 0 Å². The summed E-state index contributed by atoms with van der Waals surface area (Å²) in [6.07, 6.45) is 0.863. The van der Waals surface area contributed by atoms with Gasteiger partial charge in [0.05, 0.1) is 31.0 Å². The molecule has 0 aliphatic carbocycles. The Labute approximate surface area is 192 Å². The molecule has 5 nitrogen and oxygen atoms in total. The Bertz CT molecular complexity index is 993. The van der Waals surface area contributed by atoms with Crippen molar-refractivity contribution in [2.75, 3.05) is 32.8 Å². The molecule has 1 fully saturated rings. The van der Waals surface area contributed by atoms with Crippen molar-refractivity contribution in [3.05, 3.63) is 69.0 Å². The van der Waals surface area contributed by atoms with Crippen LogP contribution in [0.2, 0.25) is 5.02 Å². The van der Waals surface area contributed by atoms with Crippen LogP contribution in [0.25, 0.3) is 11.3 Å². The van der Waals surface area contributed by atoms with E-state index in [-0.39, 0.29) is 5.91 Å². The predicted octanol–water partition coefficient (Wildman–Crippen LogP) is 4.69. The molecule has 4 rings (SSSR count). The van der Waals surface area contributed by atoms with Gasteiger partial charge in [-0.25, -0.2) is 0 Å². The largest absolute Gasteiger partial charge is 0.379 e. The van der Waals surface area contributed by atoms with Gasteiger partial charge in [-0.05, 0) is 41.6 Å². The second-order valence-corrected chi connectivity index (χ2v) is 9.09. The molecule has 0 spiro atoms. The van der Waals surface area contributed by atoms with Crippen LogP contribution in [0.3, 0.4) is 0 Å². The first-order valence-corrected chi connectivity index (χ1v) is 12.0. The van der Waals surface area contributed by atoms with Gasteiger partial charge in [-0.2, -0.15) is 0 Å². The zero-order chi connectivity index (χ0) is 21.6. The number of carbonyl (C=O) groups excluding carboxylic acids is 1. The van der Waals surface area contributed by atoms with Crippen LogP contribution in [0.15, 0.2) is 47.8 Å². The molecule has 164 valence electrons. The summed E-state index contributed by atoms with van der Waals surface area (Å²) < 4.78 is 7.79. The van der Waals surface area contributed by atoms with Crippen molar-refractivity contribution in [2.24, 2.45) is 0 Å². The minimum absolute atomic E-state index is 0.0434. The molecule has 1 aromatic carbocycles. The second-order valence-electron chi connectivity index (χ2n) is 7.63. The van der Waals surface area contributed by atoms with E-state index in [1.54, 1.807) is 11.3 Å². The maximum absolute atomic E-state index is 13.2. The fourth-order valence-corrected chi connectivity index (χ4v) is 4.75. The number of hydrogen-bond acceptors (Lipinski definition) is 4. The molecule has 1 saturated heterocycles. The number of hydrogen-bond donors (Lipinski definition) is 1. The summed E-state index contributed by atoms with van der Waals surface area (Å²) in [4.78, 5) is 16.8. The first kappa shape index (κ1) is 22.1. The number of morpholine rings is 1. The van der Waals surface area contributed by atoms with Gasteiger partial charge in [0.2, 0.25) is 0 Å². The number of amides is 1. The van der Waals surface area contributed by atoms with Crippen LogP contribution in [0, 0.1) is 0 Å². The Kier molecular flexibility index (Phi) is 7.45. The number of carbonyl (C=O) groups is 1. The topological polar surface area (TPSA) is 46.5 Å². The normalized spacial score (nSPS) is 14.6. The van der Waals surface area contributed by atoms with E-state index in [0.29, 0.717) is 11.6 Å². The second kappa shape index (κ2) is 10.5. The highest BCUT2D eigenvalue weighted by Crippen LogP contribution is 2.30. The molecular formula is C24H28ClN3O2S. The number of rotatable bonds is 8. The highest BCUT2D eigenvalue weighted by molar-refractivity contribution is 7.09. The average molecular weight is 458 g/mol. The molecule has 1 N–H and O–H groups in total. The third-order valence-electron chi connectivity index (χ3n) is 5.65. The van der Waals surface area contributed by atoms with Crippen LogP contribution in [0.1, 0.15) is 27.9 Å². The first-order chi connectivity index (χ1) is 15.2. The van der Waals surface area contributed by atoms with E-state index in [1.165, 1.54) is 5.69 Å².